The Hall–Kier alpha value is -1.36. The molecule has 1 heterocycles. The molecule has 3 rings (SSSR count). The molecule has 5 heteroatoms. The zero-order valence-corrected chi connectivity index (χ0v) is 12.3. The quantitative estimate of drug-likeness (QED) is 0.872. The van der Waals surface area contributed by atoms with E-state index in [1.54, 1.807) is 6.07 Å². The van der Waals surface area contributed by atoms with Crippen molar-refractivity contribution in [2.24, 2.45) is 0 Å². The van der Waals surface area contributed by atoms with E-state index >= 15 is 0 Å². The number of nitrogens with zero attached hydrogens (tertiary/aromatic N) is 2. The van der Waals surface area contributed by atoms with Crippen LogP contribution in [0.2, 0.25) is 0 Å². The van der Waals surface area contributed by atoms with Crippen molar-refractivity contribution in [1.82, 2.24) is 9.78 Å². The fraction of sp³-hybridized carbons (Fsp3) is 0.357. The maximum Gasteiger partial charge on any atom is 0.149 e. The van der Waals surface area contributed by atoms with Crippen molar-refractivity contribution in [2.75, 3.05) is 5.73 Å². The van der Waals surface area contributed by atoms with Crippen LogP contribution >= 0.6 is 15.9 Å². The number of nitrogen functional groups attached to an aromatic ring is 1. The molecular weight excluding hydrogens is 309 g/mol. The number of rotatable bonds is 1. The molecular formula is C14H15BrFN3. The summed E-state index contributed by atoms with van der Waals surface area (Å²) >= 11 is 3.23. The molecule has 1 aliphatic rings. The zero-order chi connectivity index (χ0) is 13.6. The average Bonchev–Trinajstić information content (AvgIpc) is 2.72. The number of anilines is 1. The molecule has 0 spiro atoms. The molecule has 0 radical (unpaired) electrons. The van der Waals surface area contributed by atoms with Gasteiger partial charge in [-0.05, 0) is 66.2 Å². The first kappa shape index (κ1) is 12.7. The van der Waals surface area contributed by atoms with E-state index < -0.39 is 0 Å². The third-order valence-electron chi connectivity index (χ3n) is 3.68. The zero-order valence-electron chi connectivity index (χ0n) is 10.7. The van der Waals surface area contributed by atoms with E-state index in [1.165, 1.54) is 11.8 Å². The lowest BCUT2D eigenvalue weighted by Crippen LogP contribution is -2.09. The fourth-order valence-corrected chi connectivity index (χ4v) is 3.02. The van der Waals surface area contributed by atoms with Gasteiger partial charge >= 0.3 is 0 Å². The molecule has 0 atom stereocenters. The van der Waals surface area contributed by atoms with Crippen molar-refractivity contribution >= 4 is 21.7 Å². The van der Waals surface area contributed by atoms with Crippen molar-refractivity contribution in [3.8, 4) is 5.69 Å². The summed E-state index contributed by atoms with van der Waals surface area (Å²) in [6.07, 6.45) is 4.28. The topological polar surface area (TPSA) is 43.8 Å². The van der Waals surface area contributed by atoms with Gasteiger partial charge < -0.3 is 5.73 Å². The van der Waals surface area contributed by atoms with Gasteiger partial charge in [-0.15, -0.1) is 0 Å². The van der Waals surface area contributed by atoms with Crippen LogP contribution in [0.4, 0.5) is 10.2 Å². The minimum Gasteiger partial charge on any atom is -0.382 e. The molecule has 0 unspecified atom stereocenters. The second-order valence-electron chi connectivity index (χ2n) is 4.98. The van der Waals surface area contributed by atoms with Crippen LogP contribution in [0.5, 0.6) is 0 Å². The van der Waals surface area contributed by atoms with Crippen LogP contribution in [0, 0.1) is 12.7 Å². The number of fused-ring (bicyclic) bond motifs is 1. The number of nitrogens with two attached hydrogens (primary N) is 1. The van der Waals surface area contributed by atoms with Crippen LogP contribution in [0.3, 0.4) is 0 Å². The number of hydrogen-bond donors (Lipinski definition) is 1. The Morgan fingerprint density at radius 1 is 1.32 bits per heavy atom. The summed E-state index contributed by atoms with van der Waals surface area (Å²) < 4.78 is 15.8. The lowest BCUT2D eigenvalue weighted by atomic mass is 9.97. The number of hydrogen-bond acceptors (Lipinski definition) is 2. The summed E-state index contributed by atoms with van der Waals surface area (Å²) in [5, 5.41) is 4.45. The first-order valence-corrected chi connectivity index (χ1v) is 7.19. The van der Waals surface area contributed by atoms with Crippen LogP contribution < -0.4 is 5.73 Å². The second kappa shape index (κ2) is 4.63. The summed E-state index contributed by atoms with van der Waals surface area (Å²) in [6, 6.07) is 3.29. The summed E-state index contributed by atoms with van der Waals surface area (Å²) in [7, 11) is 0. The Bertz CT molecular complexity index is 649. The van der Waals surface area contributed by atoms with Gasteiger partial charge in [0.15, 0.2) is 0 Å². The first-order chi connectivity index (χ1) is 9.08. The first-order valence-electron chi connectivity index (χ1n) is 6.40. The summed E-state index contributed by atoms with van der Waals surface area (Å²) in [6.45, 7) is 1.89. The van der Waals surface area contributed by atoms with E-state index in [0.29, 0.717) is 10.3 Å². The Balaban J connectivity index is 2.20. The van der Waals surface area contributed by atoms with Gasteiger partial charge in [0.1, 0.15) is 11.6 Å². The standard InChI is InChI=1S/C14H15BrFN3/c1-8-6-11(16)10(15)7-13(8)19-12-5-3-2-4-9(12)14(17)18-19/h6-7H,2-5H2,1H3,(H2,17,18). The van der Waals surface area contributed by atoms with Crippen LogP contribution in [0.15, 0.2) is 16.6 Å². The molecule has 2 aromatic rings. The van der Waals surface area contributed by atoms with Crippen molar-refractivity contribution < 1.29 is 4.39 Å². The van der Waals surface area contributed by atoms with Crippen LogP contribution in [-0.4, -0.2) is 9.78 Å². The highest BCUT2D eigenvalue weighted by Gasteiger charge is 2.21. The van der Waals surface area contributed by atoms with Gasteiger partial charge in [-0.1, -0.05) is 0 Å². The number of aromatic nitrogens is 2. The predicted octanol–water partition coefficient (Wildman–Crippen LogP) is 3.54. The SMILES string of the molecule is Cc1cc(F)c(Br)cc1-n1nc(N)c2c1CCCC2. The molecule has 2 N–H and O–H groups in total. The van der Waals surface area contributed by atoms with E-state index in [0.717, 1.165) is 42.5 Å². The van der Waals surface area contributed by atoms with Gasteiger partial charge in [-0.25, -0.2) is 9.07 Å². The van der Waals surface area contributed by atoms with Gasteiger partial charge in [-0.2, -0.15) is 5.10 Å². The molecule has 19 heavy (non-hydrogen) atoms. The molecule has 100 valence electrons. The Morgan fingerprint density at radius 3 is 2.84 bits per heavy atom. The van der Waals surface area contributed by atoms with Crippen molar-refractivity contribution in [2.45, 2.75) is 32.6 Å². The van der Waals surface area contributed by atoms with Crippen molar-refractivity contribution in [1.29, 1.82) is 0 Å². The Morgan fingerprint density at radius 2 is 2.05 bits per heavy atom. The van der Waals surface area contributed by atoms with Gasteiger partial charge in [0, 0.05) is 11.3 Å². The van der Waals surface area contributed by atoms with Gasteiger partial charge in [0.25, 0.3) is 0 Å². The molecule has 0 saturated carbocycles. The molecule has 0 amide bonds. The smallest absolute Gasteiger partial charge is 0.149 e. The Labute approximate surface area is 119 Å². The van der Waals surface area contributed by atoms with E-state index in [-0.39, 0.29) is 5.82 Å². The molecule has 1 aromatic heterocycles. The molecule has 3 nitrogen and oxygen atoms in total. The number of aryl methyl sites for hydroxylation is 1. The maximum atomic E-state index is 13.5. The predicted molar refractivity (Wildman–Crippen MR) is 77.0 cm³/mol. The summed E-state index contributed by atoms with van der Waals surface area (Å²) in [4.78, 5) is 0. The van der Waals surface area contributed by atoms with Crippen LogP contribution in [-0.2, 0) is 12.8 Å². The second-order valence-corrected chi connectivity index (χ2v) is 5.84. The van der Waals surface area contributed by atoms with E-state index in [2.05, 4.69) is 21.0 Å². The van der Waals surface area contributed by atoms with E-state index in [1.807, 2.05) is 11.6 Å². The minimum atomic E-state index is -0.254. The van der Waals surface area contributed by atoms with Gasteiger partial charge in [0.2, 0.25) is 0 Å². The maximum absolute atomic E-state index is 13.5. The fourth-order valence-electron chi connectivity index (χ4n) is 2.69. The lowest BCUT2D eigenvalue weighted by molar-refractivity contribution is 0.617. The van der Waals surface area contributed by atoms with Crippen LogP contribution in [0.1, 0.15) is 29.7 Å². The largest absolute Gasteiger partial charge is 0.382 e. The van der Waals surface area contributed by atoms with Gasteiger partial charge in [0.05, 0.1) is 10.2 Å². The summed E-state index contributed by atoms with van der Waals surface area (Å²) in [5.41, 5.74) is 10.1. The molecule has 1 aliphatic carbocycles. The van der Waals surface area contributed by atoms with E-state index in [4.69, 9.17) is 5.73 Å². The normalized spacial score (nSPS) is 14.5. The number of benzene rings is 1. The van der Waals surface area contributed by atoms with Crippen LogP contribution in [0.25, 0.3) is 5.69 Å². The average molecular weight is 324 g/mol. The molecule has 0 aliphatic heterocycles. The Kier molecular flexibility index (Phi) is 3.09. The van der Waals surface area contributed by atoms with Crippen molar-refractivity contribution in [3.63, 3.8) is 0 Å². The number of halogens is 2. The molecule has 1 aromatic carbocycles. The van der Waals surface area contributed by atoms with E-state index in [9.17, 15) is 4.39 Å². The van der Waals surface area contributed by atoms with Crippen molar-refractivity contribution in [3.05, 3.63) is 39.2 Å². The third kappa shape index (κ3) is 2.06. The minimum absolute atomic E-state index is 0.254. The molecule has 0 saturated heterocycles. The summed E-state index contributed by atoms with van der Waals surface area (Å²) in [5.74, 6) is 0.352. The lowest BCUT2D eigenvalue weighted by Gasteiger charge is -2.15. The van der Waals surface area contributed by atoms with Gasteiger partial charge in [-0.3, -0.25) is 0 Å². The molecule has 0 fully saturated rings. The highest BCUT2D eigenvalue weighted by molar-refractivity contribution is 9.10. The highest BCUT2D eigenvalue weighted by atomic mass is 79.9. The highest BCUT2D eigenvalue weighted by Crippen LogP contribution is 2.30. The third-order valence-corrected chi connectivity index (χ3v) is 4.29. The monoisotopic (exact) mass is 323 g/mol. The molecule has 0 bridgehead atoms.